The van der Waals surface area contributed by atoms with Crippen LogP contribution in [0.4, 0.5) is 5.69 Å². The van der Waals surface area contributed by atoms with Crippen LogP contribution in [0.2, 0.25) is 5.02 Å². The van der Waals surface area contributed by atoms with Gasteiger partial charge in [-0.1, -0.05) is 17.7 Å². The number of carboxylic acid groups (broad SMARTS) is 1. The molecule has 21 heavy (non-hydrogen) atoms. The van der Waals surface area contributed by atoms with E-state index in [9.17, 15) is 14.9 Å². The lowest BCUT2D eigenvalue weighted by Gasteiger charge is -2.11. The fourth-order valence-corrected chi connectivity index (χ4v) is 1.96. The predicted octanol–water partition coefficient (Wildman–Crippen LogP) is 4.05. The zero-order valence-electron chi connectivity index (χ0n) is 10.9. The van der Waals surface area contributed by atoms with Crippen LogP contribution in [-0.2, 0) is 0 Å². The molecule has 0 aromatic heterocycles. The molecule has 0 fully saturated rings. The molecule has 7 heteroatoms. The van der Waals surface area contributed by atoms with Crippen molar-refractivity contribution in [1.29, 1.82) is 0 Å². The SMILES string of the molecule is Cc1c(Oc2ccc(Cl)cc2C(=O)O)cccc1[N+](=O)[O-]. The molecule has 0 heterocycles. The van der Waals surface area contributed by atoms with Crippen molar-refractivity contribution in [3.63, 3.8) is 0 Å². The van der Waals surface area contributed by atoms with Crippen LogP contribution in [0, 0.1) is 17.0 Å². The fraction of sp³-hybridized carbons (Fsp3) is 0.0714. The molecule has 0 aliphatic carbocycles. The molecule has 0 saturated heterocycles. The highest BCUT2D eigenvalue weighted by Crippen LogP contribution is 2.33. The molecule has 2 rings (SSSR count). The summed E-state index contributed by atoms with van der Waals surface area (Å²) in [5, 5.41) is 20.3. The molecule has 0 unspecified atom stereocenters. The Balaban J connectivity index is 2.46. The maximum absolute atomic E-state index is 11.2. The van der Waals surface area contributed by atoms with Crippen LogP contribution in [-0.4, -0.2) is 16.0 Å². The average molecular weight is 308 g/mol. The first kappa shape index (κ1) is 14.8. The normalized spacial score (nSPS) is 10.2. The highest BCUT2D eigenvalue weighted by Gasteiger charge is 2.17. The minimum Gasteiger partial charge on any atom is -0.478 e. The van der Waals surface area contributed by atoms with Crippen molar-refractivity contribution in [2.75, 3.05) is 0 Å². The Kier molecular flexibility index (Phi) is 4.09. The van der Waals surface area contributed by atoms with E-state index in [1.54, 1.807) is 0 Å². The number of halogens is 1. The second-order valence-corrected chi connectivity index (χ2v) is 4.64. The van der Waals surface area contributed by atoms with Crippen molar-refractivity contribution in [3.05, 3.63) is 62.7 Å². The molecule has 0 spiro atoms. The number of aromatic carboxylic acids is 1. The monoisotopic (exact) mass is 307 g/mol. The summed E-state index contributed by atoms with van der Waals surface area (Å²) in [6.45, 7) is 1.53. The summed E-state index contributed by atoms with van der Waals surface area (Å²) in [6, 6.07) is 8.49. The van der Waals surface area contributed by atoms with Crippen LogP contribution < -0.4 is 4.74 Å². The smallest absolute Gasteiger partial charge is 0.339 e. The zero-order chi connectivity index (χ0) is 15.6. The Morgan fingerprint density at radius 1 is 1.29 bits per heavy atom. The van der Waals surface area contributed by atoms with E-state index in [4.69, 9.17) is 21.4 Å². The van der Waals surface area contributed by atoms with Gasteiger partial charge in [0.05, 0.1) is 10.5 Å². The van der Waals surface area contributed by atoms with Crippen molar-refractivity contribution in [3.8, 4) is 11.5 Å². The van der Waals surface area contributed by atoms with Crippen molar-refractivity contribution >= 4 is 23.3 Å². The quantitative estimate of drug-likeness (QED) is 0.680. The van der Waals surface area contributed by atoms with Crippen LogP contribution in [0.15, 0.2) is 36.4 Å². The van der Waals surface area contributed by atoms with Gasteiger partial charge in [-0.25, -0.2) is 4.79 Å². The van der Waals surface area contributed by atoms with Crippen LogP contribution in [0.5, 0.6) is 11.5 Å². The van der Waals surface area contributed by atoms with E-state index in [2.05, 4.69) is 0 Å². The number of nitro groups is 1. The van der Waals surface area contributed by atoms with Gasteiger partial charge in [0.15, 0.2) is 0 Å². The summed E-state index contributed by atoms with van der Waals surface area (Å²) in [6.07, 6.45) is 0. The summed E-state index contributed by atoms with van der Waals surface area (Å²) in [7, 11) is 0. The standard InChI is InChI=1S/C14H10ClNO5/c1-8-11(16(19)20)3-2-4-12(8)21-13-6-5-9(15)7-10(13)14(17)18/h2-7H,1H3,(H,17,18). The second kappa shape index (κ2) is 5.80. The van der Waals surface area contributed by atoms with Crippen molar-refractivity contribution in [1.82, 2.24) is 0 Å². The van der Waals surface area contributed by atoms with E-state index >= 15 is 0 Å². The number of hydrogen-bond donors (Lipinski definition) is 1. The van der Waals surface area contributed by atoms with E-state index in [0.717, 1.165) is 0 Å². The van der Waals surface area contributed by atoms with Crippen LogP contribution in [0.3, 0.4) is 0 Å². The molecule has 0 bridgehead atoms. The first-order valence-electron chi connectivity index (χ1n) is 5.85. The summed E-state index contributed by atoms with van der Waals surface area (Å²) in [4.78, 5) is 21.5. The Morgan fingerprint density at radius 2 is 2.00 bits per heavy atom. The van der Waals surface area contributed by atoms with Gasteiger partial charge in [-0.2, -0.15) is 0 Å². The van der Waals surface area contributed by atoms with Gasteiger partial charge in [-0.3, -0.25) is 10.1 Å². The molecule has 2 aromatic carbocycles. The number of nitro benzene ring substituents is 1. The minimum absolute atomic E-state index is 0.0653. The topological polar surface area (TPSA) is 89.7 Å². The summed E-state index contributed by atoms with van der Waals surface area (Å²) in [5.74, 6) is -0.917. The van der Waals surface area contributed by atoms with Gasteiger partial charge < -0.3 is 9.84 Å². The first-order valence-corrected chi connectivity index (χ1v) is 6.22. The molecule has 0 aliphatic heterocycles. The van der Waals surface area contributed by atoms with E-state index in [0.29, 0.717) is 5.56 Å². The molecule has 0 aliphatic rings. The number of hydrogen-bond acceptors (Lipinski definition) is 4. The highest BCUT2D eigenvalue weighted by atomic mass is 35.5. The van der Waals surface area contributed by atoms with Gasteiger partial charge in [0.1, 0.15) is 17.1 Å². The molecular formula is C14H10ClNO5. The van der Waals surface area contributed by atoms with Gasteiger partial charge in [-0.15, -0.1) is 0 Å². The van der Waals surface area contributed by atoms with Crippen LogP contribution in [0.1, 0.15) is 15.9 Å². The van der Waals surface area contributed by atoms with Crippen LogP contribution >= 0.6 is 11.6 Å². The Morgan fingerprint density at radius 3 is 2.62 bits per heavy atom. The third-order valence-corrected chi connectivity index (χ3v) is 3.08. The molecular weight excluding hydrogens is 298 g/mol. The van der Waals surface area contributed by atoms with Gasteiger partial charge >= 0.3 is 5.97 Å². The van der Waals surface area contributed by atoms with Crippen molar-refractivity contribution < 1.29 is 19.6 Å². The largest absolute Gasteiger partial charge is 0.478 e. The highest BCUT2D eigenvalue weighted by molar-refractivity contribution is 6.31. The lowest BCUT2D eigenvalue weighted by molar-refractivity contribution is -0.385. The molecule has 0 radical (unpaired) electrons. The number of nitrogens with zero attached hydrogens (tertiary/aromatic N) is 1. The Hall–Kier alpha value is -2.60. The lowest BCUT2D eigenvalue weighted by Crippen LogP contribution is -2.01. The fourth-order valence-electron chi connectivity index (χ4n) is 1.79. The molecule has 108 valence electrons. The molecule has 1 N–H and O–H groups in total. The van der Waals surface area contributed by atoms with Gasteiger partial charge in [-0.05, 0) is 31.2 Å². The predicted molar refractivity (Wildman–Crippen MR) is 76.3 cm³/mol. The third-order valence-electron chi connectivity index (χ3n) is 2.84. The number of rotatable bonds is 4. The molecule has 0 saturated carbocycles. The second-order valence-electron chi connectivity index (χ2n) is 4.21. The Labute approximate surface area is 124 Å². The average Bonchev–Trinajstić information content (AvgIpc) is 2.42. The van der Waals surface area contributed by atoms with Gasteiger partial charge in [0.25, 0.3) is 5.69 Å². The summed E-state index contributed by atoms with van der Waals surface area (Å²) in [5.41, 5.74) is 0.0977. The first-order chi connectivity index (χ1) is 9.90. The maximum Gasteiger partial charge on any atom is 0.339 e. The number of carbonyl (C=O) groups is 1. The summed E-state index contributed by atoms with van der Waals surface area (Å²) >= 11 is 5.75. The van der Waals surface area contributed by atoms with E-state index in [-0.39, 0.29) is 27.8 Å². The minimum atomic E-state index is -1.20. The number of carboxylic acids is 1. The lowest BCUT2D eigenvalue weighted by atomic mass is 10.1. The van der Waals surface area contributed by atoms with Gasteiger partial charge in [0.2, 0.25) is 0 Å². The molecule has 0 atom stereocenters. The zero-order valence-corrected chi connectivity index (χ0v) is 11.6. The van der Waals surface area contributed by atoms with E-state index in [1.807, 2.05) is 0 Å². The molecule has 6 nitrogen and oxygen atoms in total. The summed E-state index contributed by atoms with van der Waals surface area (Å²) < 4.78 is 5.50. The van der Waals surface area contributed by atoms with E-state index < -0.39 is 10.9 Å². The van der Waals surface area contributed by atoms with E-state index in [1.165, 1.54) is 43.3 Å². The number of ether oxygens (including phenoxy) is 1. The molecule has 2 aromatic rings. The van der Waals surface area contributed by atoms with Crippen molar-refractivity contribution in [2.45, 2.75) is 6.92 Å². The van der Waals surface area contributed by atoms with Gasteiger partial charge in [0, 0.05) is 11.1 Å². The maximum atomic E-state index is 11.2. The Bertz CT molecular complexity index is 729. The third kappa shape index (κ3) is 3.11. The molecule has 0 amide bonds. The van der Waals surface area contributed by atoms with Crippen LogP contribution in [0.25, 0.3) is 0 Å². The number of benzene rings is 2. The van der Waals surface area contributed by atoms with Crippen molar-refractivity contribution in [2.24, 2.45) is 0 Å².